The van der Waals surface area contributed by atoms with Crippen molar-refractivity contribution in [1.82, 2.24) is 0 Å². The van der Waals surface area contributed by atoms with Crippen molar-refractivity contribution < 1.29 is 17.6 Å². The number of alkyl halides is 3. The van der Waals surface area contributed by atoms with Crippen molar-refractivity contribution in [3.8, 4) is 0 Å². The van der Waals surface area contributed by atoms with Gasteiger partial charge < -0.3 is 5.32 Å². The number of hydrogen-bond donors (Lipinski definition) is 1. The fourth-order valence-corrected chi connectivity index (χ4v) is 1.05. The van der Waals surface area contributed by atoms with Crippen LogP contribution >= 0.6 is 0 Å². The molecule has 0 spiro atoms. The van der Waals surface area contributed by atoms with Gasteiger partial charge in [-0.2, -0.15) is 13.2 Å². The Morgan fingerprint density at radius 3 is 2.47 bits per heavy atom. The van der Waals surface area contributed by atoms with Gasteiger partial charge in [0.1, 0.15) is 5.82 Å². The lowest BCUT2D eigenvalue weighted by molar-refractivity contribution is -0.131. The molecule has 1 nitrogen and oxygen atoms in total. The van der Waals surface area contributed by atoms with Crippen molar-refractivity contribution in [1.29, 1.82) is 0 Å². The van der Waals surface area contributed by atoms with E-state index in [-0.39, 0.29) is 6.54 Å². The van der Waals surface area contributed by atoms with Gasteiger partial charge in [0.2, 0.25) is 0 Å². The molecule has 0 amide bonds. The van der Waals surface area contributed by atoms with E-state index in [0.717, 1.165) is 0 Å². The molecule has 0 atom stereocenters. The third kappa shape index (κ3) is 4.18. The van der Waals surface area contributed by atoms with Gasteiger partial charge in [0.15, 0.2) is 0 Å². The molecule has 0 heterocycles. The normalized spacial score (nSPS) is 11.5. The monoisotopic (exact) mass is 221 g/mol. The van der Waals surface area contributed by atoms with Gasteiger partial charge >= 0.3 is 6.18 Å². The molecule has 1 rings (SSSR count). The summed E-state index contributed by atoms with van der Waals surface area (Å²) < 4.78 is 48.3. The number of nitrogens with one attached hydrogen (secondary N) is 1. The average Bonchev–Trinajstić information content (AvgIpc) is 2.09. The number of benzene rings is 1. The van der Waals surface area contributed by atoms with Crippen molar-refractivity contribution >= 4 is 5.69 Å². The first-order chi connectivity index (χ1) is 6.88. The van der Waals surface area contributed by atoms with Gasteiger partial charge in [-0.3, -0.25) is 0 Å². The van der Waals surface area contributed by atoms with Crippen LogP contribution in [0.15, 0.2) is 18.2 Å². The zero-order valence-corrected chi connectivity index (χ0v) is 8.16. The lowest BCUT2D eigenvalue weighted by Crippen LogP contribution is -2.14. The zero-order valence-electron chi connectivity index (χ0n) is 8.16. The molecule has 0 fully saturated rings. The van der Waals surface area contributed by atoms with Crippen LogP contribution in [-0.2, 0) is 0 Å². The molecule has 15 heavy (non-hydrogen) atoms. The van der Waals surface area contributed by atoms with E-state index in [1.165, 1.54) is 12.1 Å². The van der Waals surface area contributed by atoms with E-state index in [2.05, 4.69) is 5.32 Å². The van der Waals surface area contributed by atoms with Crippen LogP contribution in [0.25, 0.3) is 0 Å². The maximum atomic E-state index is 13.0. The predicted octanol–water partition coefficient (Wildman–Crippen LogP) is 3.50. The van der Waals surface area contributed by atoms with E-state index in [4.69, 9.17) is 0 Å². The molecular weight excluding hydrogens is 210 g/mol. The van der Waals surface area contributed by atoms with E-state index in [1.54, 1.807) is 13.0 Å². The molecule has 0 saturated heterocycles. The summed E-state index contributed by atoms with van der Waals surface area (Å²) in [7, 11) is 0. The quantitative estimate of drug-likeness (QED) is 0.770. The van der Waals surface area contributed by atoms with E-state index in [0.29, 0.717) is 11.3 Å². The molecule has 0 aliphatic carbocycles. The van der Waals surface area contributed by atoms with Gasteiger partial charge in [0, 0.05) is 12.2 Å². The molecule has 84 valence electrons. The Balaban J connectivity index is 2.48. The largest absolute Gasteiger partial charge is 0.390 e. The Hall–Kier alpha value is -1.26. The van der Waals surface area contributed by atoms with Crippen LogP contribution in [0.1, 0.15) is 12.0 Å². The van der Waals surface area contributed by atoms with E-state index in [9.17, 15) is 17.6 Å². The Bertz CT molecular complexity index is 333. The second kappa shape index (κ2) is 4.51. The van der Waals surface area contributed by atoms with Gasteiger partial charge in [-0.1, -0.05) is 6.07 Å². The number of aryl methyl sites for hydroxylation is 1. The number of rotatable bonds is 3. The Morgan fingerprint density at radius 1 is 1.27 bits per heavy atom. The highest BCUT2D eigenvalue weighted by molar-refractivity contribution is 5.45. The van der Waals surface area contributed by atoms with E-state index >= 15 is 0 Å². The molecule has 0 aliphatic rings. The van der Waals surface area contributed by atoms with Gasteiger partial charge in [-0.05, 0) is 24.6 Å². The molecule has 0 radical (unpaired) electrons. The maximum absolute atomic E-state index is 13.0. The molecule has 1 aromatic rings. The van der Waals surface area contributed by atoms with Crippen molar-refractivity contribution in [3.63, 3.8) is 0 Å². The van der Waals surface area contributed by atoms with Gasteiger partial charge in [0.05, 0.1) is 6.42 Å². The smallest absolute Gasteiger partial charge is 0.385 e. The molecule has 1 N–H and O–H groups in total. The van der Waals surface area contributed by atoms with Crippen LogP contribution in [0.3, 0.4) is 0 Å². The standard InChI is InChI=1S/C10H11F4N/c1-7-2-3-8(6-9(7)11)15-5-4-10(12,13)14/h2-3,6,15H,4-5H2,1H3. The second-order valence-electron chi connectivity index (χ2n) is 3.26. The van der Waals surface area contributed by atoms with Gasteiger partial charge in [0.25, 0.3) is 0 Å². The van der Waals surface area contributed by atoms with E-state index < -0.39 is 18.4 Å². The van der Waals surface area contributed by atoms with E-state index in [1.807, 2.05) is 0 Å². The third-order valence-electron chi connectivity index (χ3n) is 1.91. The first-order valence-corrected chi connectivity index (χ1v) is 4.45. The Kier molecular flexibility index (Phi) is 3.55. The van der Waals surface area contributed by atoms with Gasteiger partial charge in [-0.15, -0.1) is 0 Å². The highest BCUT2D eigenvalue weighted by atomic mass is 19.4. The summed E-state index contributed by atoms with van der Waals surface area (Å²) in [4.78, 5) is 0. The van der Waals surface area contributed by atoms with Crippen LogP contribution in [0, 0.1) is 12.7 Å². The lowest BCUT2D eigenvalue weighted by Gasteiger charge is -2.09. The summed E-state index contributed by atoms with van der Waals surface area (Å²) in [5, 5.41) is 2.51. The predicted molar refractivity (Wildman–Crippen MR) is 50.3 cm³/mol. The van der Waals surface area contributed by atoms with Crippen LogP contribution in [0.4, 0.5) is 23.2 Å². The first kappa shape index (κ1) is 11.8. The van der Waals surface area contributed by atoms with Crippen LogP contribution in [0.2, 0.25) is 0 Å². The fraction of sp³-hybridized carbons (Fsp3) is 0.400. The zero-order chi connectivity index (χ0) is 11.5. The summed E-state index contributed by atoms with van der Waals surface area (Å²) in [6.07, 6.45) is -5.11. The van der Waals surface area contributed by atoms with Crippen molar-refractivity contribution in [2.24, 2.45) is 0 Å². The first-order valence-electron chi connectivity index (χ1n) is 4.45. The number of halogens is 4. The Morgan fingerprint density at radius 2 is 1.93 bits per heavy atom. The SMILES string of the molecule is Cc1ccc(NCCC(F)(F)F)cc1F. The van der Waals surface area contributed by atoms with Gasteiger partial charge in [-0.25, -0.2) is 4.39 Å². The molecule has 0 aliphatic heterocycles. The minimum absolute atomic E-state index is 0.244. The summed E-state index contributed by atoms with van der Waals surface area (Å²) in [5.74, 6) is -0.424. The fourth-order valence-electron chi connectivity index (χ4n) is 1.05. The molecule has 0 aromatic heterocycles. The maximum Gasteiger partial charge on any atom is 0.390 e. The van der Waals surface area contributed by atoms with Crippen molar-refractivity contribution in [2.45, 2.75) is 19.5 Å². The Labute approximate surface area is 85.1 Å². The summed E-state index contributed by atoms with van der Waals surface area (Å²) in [5.41, 5.74) is 0.832. The minimum Gasteiger partial charge on any atom is -0.385 e. The minimum atomic E-state index is -4.18. The molecule has 5 heteroatoms. The average molecular weight is 221 g/mol. The van der Waals surface area contributed by atoms with Crippen LogP contribution in [-0.4, -0.2) is 12.7 Å². The molecule has 0 bridgehead atoms. The highest BCUT2D eigenvalue weighted by Gasteiger charge is 2.26. The molecule has 0 saturated carbocycles. The molecule has 0 unspecified atom stereocenters. The molecular formula is C10H11F4N. The van der Waals surface area contributed by atoms with Crippen LogP contribution < -0.4 is 5.32 Å². The third-order valence-corrected chi connectivity index (χ3v) is 1.91. The number of anilines is 1. The second-order valence-corrected chi connectivity index (χ2v) is 3.26. The number of hydrogen-bond acceptors (Lipinski definition) is 1. The topological polar surface area (TPSA) is 12.0 Å². The highest BCUT2D eigenvalue weighted by Crippen LogP contribution is 2.20. The van der Waals surface area contributed by atoms with Crippen molar-refractivity contribution in [3.05, 3.63) is 29.6 Å². The summed E-state index contributed by atoms with van der Waals surface area (Å²) in [6, 6.07) is 4.26. The van der Waals surface area contributed by atoms with Crippen LogP contribution in [0.5, 0.6) is 0 Å². The van der Waals surface area contributed by atoms with Crippen molar-refractivity contribution in [2.75, 3.05) is 11.9 Å². The lowest BCUT2D eigenvalue weighted by atomic mass is 10.2. The molecule has 1 aromatic carbocycles. The summed E-state index contributed by atoms with van der Waals surface area (Å²) >= 11 is 0. The summed E-state index contributed by atoms with van der Waals surface area (Å²) in [6.45, 7) is 1.35.